The molecule has 1 atom stereocenters. The van der Waals surface area contributed by atoms with Crippen molar-refractivity contribution in [2.75, 3.05) is 18.0 Å². The molecule has 30 heavy (non-hydrogen) atoms. The average Bonchev–Trinajstić information content (AvgIpc) is 3.27. The Balaban J connectivity index is 1.57. The van der Waals surface area contributed by atoms with Crippen LogP contribution in [0.15, 0.2) is 48.5 Å². The predicted molar refractivity (Wildman–Crippen MR) is 115 cm³/mol. The Hall–Kier alpha value is -3.09. The van der Waals surface area contributed by atoms with Crippen LogP contribution in [0.3, 0.4) is 0 Å². The molecule has 0 aliphatic carbocycles. The number of nitrogens with one attached hydrogen (secondary N) is 1. The van der Waals surface area contributed by atoms with Crippen molar-refractivity contribution in [3.63, 3.8) is 0 Å². The lowest BCUT2D eigenvalue weighted by Gasteiger charge is -2.22. The molecule has 2 heterocycles. The van der Waals surface area contributed by atoms with E-state index < -0.39 is 11.7 Å². The largest absolute Gasteiger partial charge is 0.444 e. The molecule has 2 aromatic carbocycles. The zero-order valence-electron chi connectivity index (χ0n) is 17.6. The zero-order valence-corrected chi connectivity index (χ0v) is 17.6. The van der Waals surface area contributed by atoms with Crippen LogP contribution in [0.25, 0.3) is 11.0 Å². The maximum Gasteiger partial charge on any atom is 0.407 e. The minimum atomic E-state index is -0.532. The van der Waals surface area contributed by atoms with Crippen molar-refractivity contribution in [1.29, 1.82) is 0 Å². The van der Waals surface area contributed by atoms with Gasteiger partial charge in [0.05, 0.1) is 23.6 Å². The molecule has 4 rings (SSSR count). The highest BCUT2D eigenvalue weighted by Gasteiger charge is 2.29. The van der Waals surface area contributed by atoms with E-state index in [2.05, 4.69) is 10.2 Å². The van der Waals surface area contributed by atoms with Crippen molar-refractivity contribution >= 4 is 23.1 Å². The zero-order chi connectivity index (χ0) is 21.3. The molecule has 1 saturated heterocycles. The molecule has 0 unspecified atom stereocenters. The first-order valence-corrected chi connectivity index (χ1v) is 10.2. The standard InChI is InChI=1S/C23H27FN4O2/c1-23(2,3)30-22(29)25-17-12-13-27(15-17)21-26-19-10-6-7-11-20(19)28(21)14-16-8-4-5-9-18(16)24/h4-11,17H,12-15H2,1-3H3,(H,25,29)/t17-/m1/s1. The maximum absolute atomic E-state index is 14.3. The van der Waals surface area contributed by atoms with E-state index in [9.17, 15) is 9.18 Å². The highest BCUT2D eigenvalue weighted by atomic mass is 19.1. The quantitative estimate of drug-likeness (QED) is 0.696. The van der Waals surface area contributed by atoms with Gasteiger partial charge in [-0.15, -0.1) is 0 Å². The number of benzene rings is 2. The molecule has 6 nitrogen and oxygen atoms in total. The van der Waals surface area contributed by atoms with E-state index in [4.69, 9.17) is 9.72 Å². The number of carbonyl (C=O) groups excluding carboxylic acids is 1. The van der Waals surface area contributed by atoms with Crippen molar-refractivity contribution in [2.45, 2.75) is 45.4 Å². The van der Waals surface area contributed by atoms with Gasteiger partial charge in [-0.1, -0.05) is 30.3 Å². The summed E-state index contributed by atoms with van der Waals surface area (Å²) in [4.78, 5) is 19.1. The minimum absolute atomic E-state index is 0.0263. The first-order chi connectivity index (χ1) is 14.3. The van der Waals surface area contributed by atoms with Crippen molar-refractivity contribution < 1.29 is 13.9 Å². The second kappa shape index (κ2) is 7.97. The topological polar surface area (TPSA) is 59.4 Å². The summed E-state index contributed by atoms with van der Waals surface area (Å²) < 4.78 is 21.7. The lowest BCUT2D eigenvalue weighted by atomic mass is 10.2. The lowest BCUT2D eigenvalue weighted by Crippen LogP contribution is -2.40. The number of aromatic nitrogens is 2. The van der Waals surface area contributed by atoms with Gasteiger partial charge in [-0.05, 0) is 45.4 Å². The van der Waals surface area contributed by atoms with E-state index in [0.717, 1.165) is 29.9 Å². The molecular formula is C23H27FN4O2. The first-order valence-electron chi connectivity index (χ1n) is 10.2. The van der Waals surface area contributed by atoms with Crippen LogP contribution in [0.4, 0.5) is 15.1 Å². The van der Waals surface area contributed by atoms with Crippen LogP contribution in [0, 0.1) is 5.82 Å². The third-order valence-electron chi connectivity index (χ3n) is 5.11. The number of para-hydroxylation sites is 2. The molecule has 1 fully saturated rings. The van der Waals surface area contributed by atoms with Crippen molar-refractivity contribution in [3.8, 4) is 0 Å². The number of imidazole rings is 1. The summed E-state index contributed by atoms with van der Waals surface area (Å²) in [5.41, 5.74) is 1.91. The number of amides is 1. The monoisotopic (exact) mass is 410 g/mol. The highest BCUT2D eigenvalue weighted by Crippen LogP contribution is 2.27. The molecule has 1 amide bonds. The number of rotatable bonds is 4. The second-order valence-electron chi connectivity index (χ2n) is 8.66. The van der Waals surface area contributed by atoms with Gasteiger partial charge in [-0.2, -0.15) is 0 Å². The molecule has 0 radical (unpaired) electrons. The van der Waals surface area contributed by atoms with Gasteiger partial charge in [0.15, 0.2) is 0 Å². The normalized spacial score (nSPS) is 16.8. The summed E-state index contributed by atoms with van der Waals surface area (Å²) in [6.07, 6.45) is 0.386. The van der Waals surface area contributed by atoms with Crippen molar-refractivity contribution in [1.82, 2.24) is 14.9 Å². The second-order valence-corrected chi connectivity index (χ2v) is 8.66. The van der Waals surface area contributed by atoms with Crippen LogP contribution < -0.4 is 10.2 Å². The summed E-state index contributed by atoms with van der Waals surface area (Å²) >= 11 is 0. The third kappa shape index (κ3) is 4.40. The Kier molecular flexibility index (Phi) is 5.37. The number of alkyl carbamates (subject to hydrolysis) is 1. The van der Waals surface area contributed by atoms with Gasteiger partial charge in [-0.3, -0.25) is 0 Å². The van der Waals surface area contributed by atoms with Crippen LogP contribution in [0.2, 0.25) is 0 Å². The van der Waals surface area contributed by atoms with Gasteiger partial charge < -0.3 is 19.5 Å². The van der Waals surface area contributed by atoms with Crippen molar-refractivity contribution in [3.05, 3.63) is 59.9 Å². The Labute approximate surface area is 175 Å². The molecule has 0 bridgehead atoms. The molecule has 7 heteroatoms. The van der Waals surface area contributed by atoms with Crippen LogP contribution >= 0.6 is 0 Å². The number of nitrogens with zero attached hydrogens (tertiary/aromatic N) is 3. The Morgan fingerprint density at radius 1 is 1.20 bits per heavy atom. The molecule has 1 aliphatic heterocycles. The SMILES string of the molecule is CC(C)(C)OC(=O)N[C@@H]1CCN(c2nc3ccccc3n2Cc2ccccc2F)C1. The summed E-state index contributed by atoms with van der Waals surface area (Å²) in [5.74, 6) is 0.556. The molecular weight excluding hydrogens is 383 g/mol. The van der Waals surface area contributed by atoms with E-state index in [1.165, 1.54) is 6.07 Å². The molecule has 158 valence electrons. The fourth-order valence-electron chi connectivity index (χ4n) is 3.79. The van der Waals surface area contributed by atoms with Crippen LogP contribution in [-0.4, -0.2) is 40.4 Å². The van der Waals surface area contributed by atoms with E-state index in [1.807, 2.05) is 55.7 Å². The summed E-state index contributed by atoms with van der Waals surface area (Å²) in [7, 11) is 0. The molecule has 1 N–H and O–H groups in total. The van der Waals surface area contributed by atoms with Gasteiger partial charge in [0.25, 0.3) is 0 Å². The third-order valence-corrected chi connectivity index (χ3v) is 5.11. The fraction of sp³-hybridized carbons (Fsp3) is 0.391. The van der Waals surface area contributed by atoms with E-state index in [1.54, 1.807) is 12.1 Å². The molecule has 3 aromatic rings. The summed E-state index contributed by atoms with van der Waals surface area (Å²) in [6, 6.07) is 14.7. The van der Waals surface area contributed by atoms with E-state index in [0.29, 0.717) is 18.7 Å². The minimum Gasteiger partial charge on any atom is -0.444 e. The maximum atomic E-state index is 14.3. The Morgan fingerprint density at radius 2 is 1.93 bits per heavy atom. The average molecular weight is 410 g/mol. The highest BCUT2D eigenvalue weighted by molar-refractivity contribution is 5.79. The van der Waals surface area contributed by atoms with E-state index >= 15 is 0 Å². The fourth-order valence-corrected chi connectivity index (χ4v) is 3.79. The number of halogens is 1. The van der Waals surface area contributed by atoms with Crippen LogP contribution in [-0.2, 0) is 11.3 Å². The molecule has 0 saturated carbocycles. The number of fused-ring (bicyclic) bond motifs is 1. The molecule has 1 aromatic heterocycles. The Morgan fingerprint density at radius 3 is 2.70 bits per heavy atom. The smallest absolute Gasteiger partial charge is 0.407 e. The van der Waals surface area contributed by atoms with Crippen molar-refractivity contribution in [2.24, 2.45) is 0 Å². The lowest BCUT2D eigenvalue weighted by molar-refractivity contribution is 0.0509. The van der Waals surface area contributed by atoms with Gasteiger partial charge in [0, 0.05) is 18.7 Å². The number of ether oxygens (including phenoxy) is 1. The predicted octanol–water partition coefficient (Wildman–Crippen LogP) is 4.33. The Bertz CT molecular complexity index is 1060. The summed E-state index contributed by atoms with van der Waals surface area (Å²) in [6.45, 7) is 7.31. The van der Waals surface area contributed by atoms with Gasteiger partial charge >= 0.3 is 6.09 Å². The van der Waals surface area contributed by atoms with Gasteiger partial charge in [-0.25, -0.2) is 14.2 Å². The first kappa shape index (κ1) is 20.2. The van der Waals surface area contributed by atoms with Crippen LogP contribution in [0.5, 0.6) is 0 Å². The molecule has 0 spiro atoms. The number of hydrogen-bond acceptors (Lipinski definition) is 4. The number of anilines is 1. The van der Waals surface area contributed by atoms with Gasteiger partial charge in [0.1, 0.15) is 11.4 Å². The van der Waals surface area contributed by atoms with Gasteiger partial charge in [0.2, 0.25) is 5.95 Å². The van der Waals surface area contributed by atoms with E-state index in [-0.39, 0.29) is 11.9 Å². The summed E-state index contributed by atoms with van der Waals surface area (Å²) in [5, 5.41) is 2.95. The van der Waals surface area contributed by atoms with Crippen LogP contribution in [0.1, 0.15) is 32.8 Å². The molecule has 1 aliphatic rings. The number of hydrogen-bond donors (Lipinski definition) is 1. The number of carbonyl (C=O) groups is 1.